The van der Waals surface area contributed by atoms with Crippen LogP contribution in [0.4, 0.5) is 0 Å². The number of hydrogen-bond donors (Lipinski definition) is 1. The second-order valence-corrected chi connectivity index (χ2v) is 7.78. The lowest BCUT2D eigenvalue weighted by molar-refractivity contribution is 0.0623. The van der Waals surface area contributed by atoms with Gasteiger partial charge in [-0.1, -0.05) is 19.9 Å². The van der Waals surface area contributed by atoms with Crippen LogP contribution in [0.2, 0.25) is 0 Å². The summed E-state index contributed by atoms with van der Waals surface area (Å²) in [5.41, 5.74) is 0.424. The Morgan fingerprint density at radius 3 is 2.43 bits per heavy atom. The highest BCUT2D eigenvalue weighted by Gasteiger charge is 2.26. The van der Waals surface area contributed by atoms with Crippen LogP contribution in [0, 0.1) is 11.8 Å². The molecule has 2 atom stereocenters. The first-order chi connectivity index (χ1) is 9.83. The fourth-order valence-corrected chi connectivity index (χ4v) is 3.70. The Bertz CT molecular complexity index is 618. The van der Waals surface area contributed by atoms with Gasteiger partial charge < -0.3 is 4.90 Å². The summed E-state index contributed by atoms with van der Waals surface area (Å²) >= 11 is 0. The lowest BCUT2D eigenvalue weighted by atomic mass is 9.91. The summed E-state index contributed by atoms with van der Waals surface area (Å²) in [6.07, 6.45) is 1.12. The van der Waals surface area contributed by atoms with E-state index in [4.69, 9.17) is 0 Å². The van der Waals surface area contributed by atoms with Crippen LogP contribution in [0.25, 0.3) is 0 Å². The highest BCUT2D eigenvalue weighted by atomic mass is 32.2. The number of nitrogens with zero attached hydrogens (tertiary/aromatic N) is 1. The molecule has 5 nitrogen and oxygen atoms in total. The van der Waals surface area contributed by atoms with Gasteiger partial charge in [-0.05, 0) is 43.5 Å². The first kappa shape index (κ1) is 16.0. The molecule has 21 heavy (non-hydrogen) atoms. The predicted molar refractivity (Wildman–Crippen MR) is 81.5 cm³/mol. The number of carbonyl (C=O) groups excluding carboxylic acids is 1. The highest BCUT2D eigenvalue weighted by molar-refractivity contribution is 7.89. The van der Waals surface area contributed by atoms with Crippen molar-refractivity contribution in [1.82, 2.24) is 9.62 Å². The molecule has 1 aliphatic heterocycles. The largest absolute Gasteiger partial charge is 0.338 e. The van der Waals surface area contributed by atoms with Crippen molar-refractivity contribution < 1.29 is 13.2 Å². The van der Waals surface area contributed by atoms with Crippen LogP contribution in [0.1, 0.15) is 30.6 Å². The van der Waals surface area contributed by atoms with E-state index < -0.39 is 10.0 Å². The van der Waals surface area contributed by atoms with Crippen molar-refractivity contribution >= 4 is 15.9 Å². The van der Waals surface area contributed by atoms with Gasteiger partial charge in [0.2, 0.25) is 10.0 Å². The number of sulfonamides is 1. The number of nitrogens with one attached hydrogen (secondary N) is 1. The number of amides is 1. The molecule has 1 N–H and O–H groups in total. The minimum atomic E-state index is -3.53. The van der Waals surface area contributed by atoms with Crippen molar-refractivity contribution in [2.75, 3.05) is 20.1 Å². The number of carbonyl (C=O) groups is 1. The van der Waals surface area contributed by atoms with Crippen molar-refractivity contribution in [2.24, 2.45) is 11.8 Å². The number of likely N-dealkylation sites (tertiary alicyclic amines) is 1. The summed E-state index contributed by atoms with van der Waals surface area (Å²) in [6, 6.07) is 6.21. The molecule has 116 valence electrons. The van der Waals surface area contributed by atoms with Crippen LogP contribution >= 0.6 is 0 Å². The van der Waals surface area contributed by atoms with Gasteiger partial charge in [0.1, 0.15) is 0 Å². The molecule has 1 saturated heterocycles. The van der Waals surface area contributed by atoms with E-state index >= 15 is 0 Å². The van der Waals surface area contributed by atoms with Crippen LogP contribution < -0.4 is 4.72 Å². The fourth-order valence-electron chi connectivity index (χ4n) is 2.93. The van der Waals surface area contributed by atoms with Crippen LogP contribution in [0.3, 0.4) is 0 Å². The Morgan fingerprint density at radius 1 is 1.24 bits per heavy atom. The summed E-state index contributed by atoms with van der Waals surface area (Å²) in [5, 5.41) is 0. The minimum Gasteiger partial charge on any atom is -0.338 e. The average Bonchev–Trinajstić information content (AvgIpc) is 2.45. The number of benzene rings is 1. The van der Waals surface area contributed by atoms with Crippen molar-refractivity contribution in [2.45, 2.75) is 25.2 Å². The van der Waals surface area contributed by atoms with Crippen LogP contribution in [0.5, 0.6) is 0 Å². The van der Waals surface area contributed by atoms with Gasteiger partial charge in [0.05, 0.1) is 4.90 Å². The molecule has 1 heterocycles. The zero-order chi connectivity index (χ0) is 15.6. The molecule has 0 spiro atoms. The Labute approximate surface area is 126 Å². The molecular formula is C15H22N2O3S. The average molecular weight is 310 g/mol. The van der Waals surface area contributed by atoms with Gasteiger partial charge in [0.15, 0.2) is 0 Å². The fraction of sp³-hybridized carbons (Fsp3) is 0.533. The summed E-state index contributed by atoms with van der Waals surface area (Å²) in [6.45, 7) is 5.73. The van der Waals surface area contributed by atoms with Gasteiger partial charge in [0.25, 0.3) is 5.91 Å². The summed E-state index contributed by atoms with van der Waals surface area (Å²) in [7, 11) is -2.17. The van der Waals surface area contributed by atoms with E-state index in [1.165, 1.54) is 19.2 Å². The molecular weight excluding hydrogens is 288 g/mol. The van der Waals surface area contributed by atoms with Crippen LogP contribution in [-0.2, 0) is 10.0 Å². The zero-order valence-corrected chi connectivity index (χ0v) is 13.5. The van der Waals surface area contributed by atoms with Gasteiger partial charge in [-0.2, -0.15) is 0 Å². The van der Waals surface area contributed by atoms with Gasteiger partial charge in [0, 0.05) is 18.7 Å². The van der Waals surface area contributed by atoms with Crippen molar-refractivity contribution in [3.63, 3.8) is 0 Å². The van der Waals surface area contributed by atoms with Crippen molar-refractivity contribution in [3.05, 3.63) is 29.8 Å². The van der Waals surface area contributed by atoms with Gasteiger partial charge in [-0.25, -0.2) is 13.1 Å². The number of rotatable bonds is 3. The smallest absolute Gasteiger partial charge is 0.253 e. The quantitative estimate of drug-likeness (QED) is 0.924. The molecule has 0 aromatic heterocycles. The molecule has 1 amide bonds. The maximum absolute atomic E-state index is 12.6. The van der Waals surface area contributed by atoms with E-state index in [0.717, 1.165) is 19.5 Å². The lowest BCUT2D eigenvalue weighted by Gasteiger charge is -2.35. The normalized spacial score (nSPS) is 23.1. The molecule has 1 aromatic carbocycles. The van der Waals surface area contributed by atoms with E-state index in [1.54, 1.807) is 12.1 Å². The number of piperidine rings is 1. The standard InChI is InChI=1S/C15H22N2O3S/c1-11-7-12(2)10-17(9-11)15(18)13-5-4-6-14(8-13)21(19,20)16-3/h4-6,8,11-12,16H,7,9-10H2,1-3H3/t11-,12-/m0/s1. The predicted octanol–water partition coefficient (Wildman–Crippen LogP) is 1.71. The lowest BCUT2D eigenvalue weighted by Crippen LogP contribution is -2.42. The first-order valence-corrected chi connectivity index (χ1v) is 8.64. The molecule has 1 fully saturated rings. The Morgan fingerprint density at radius 2 is 1.86 bits per heavy atom. The monoisotopic (exact) mass is 310 g/mol. The minimum absolute atomic E-state index is 0.0958. The first-order valence-electron chi connectivity index (χ1n) is 7.16. The maximum atomic E-state index is 12.6. The molecule has 1 aliphatic rings. The molecule has 6 heteroatoms. The summed E-state index contributed by atoms with van der Waals surface area (Å²) < 4.78 is 25.9. The molecule has 0 unspecified atom stereocenters. The maximum Gasteiger partial charge on any atom is 0.253 e. The Kier molecular flexibility index (Phi) is 4.68. The second-order valence-electron chi connectivity index (χ2n) is 5.89. The van der Waals surface area contributed by atoms with E-state index in [0.29, 0.717) is 17.4 Å². The van der Waals surface area contributed by atoms with E-state index in [1.807, 2.05) is 4.90 Å². The van der Waals surface area contributed by atoms with Crippen LogP contribution in [0.15, 0.2) is 29.2 Å². The third-order valence-corrected chi connectivity index (χ3v) is 5.23. The highest BCUT2D eigenvalue weighted by Crippen LogP contribution is 2.23. The molecule has 0 aliphatic carbocycles. The van der Waals surface area contributed by atoms with Gasteiger partial charge in [-0.3, -0.25) is 4.79 Å². The zero-order valence-electron chi connectivity index (χ0n) is 12.7. The molecule has 0 bridgehead atoms. The Hall–Kier alpha value is -1.40. The van der Waals surface area contributed by atoms with Gasteiger partial charge >= 0.3 is 0 Å². The van der Waals surface area contributed by atoms with Crippen molar-refractivity contribution in [1.29, 1.82) is 0 Å². The van der Waals surface area contributed by atoms with E-state index in [9.17, 15) is 13.2 Å². The van der Waals surface area contributed by atoms with E-state index in [-0.39, 0.29) is 10.8 Å². The van der Waals surface area contributed by atoms with Gasteiger partial charge in [-0.15, -0.1) is 0 Å². The molecule has 0 saturated carbocycles. The topological polar surface area (TPSA) is 66.5 Å². The third kappa shape index (κ3) is 3.63. The summed E-state index contributed by atoms with van der Waals surface area (Å²) in [4.78, 5) is 14.5. The van der Waals surface area contributed by atoms with Crippen LogP contribution in [-0.4, -0.2) is 39.4 Å². The van der Waals surface area contributed by atoms with Crippen molar-refractivity contribution in [3.8, 4) is 0 Å². The number of hydrogen-bond acceptors (Lipinski definition) is 3. The molecule has 0 radical (unpaired) electrons. The SMILES string of the molecule is CNS(=O)(=O)c1cccc(C(=O)N2C[C@@H](C)C[C@H](C)C2)c1. The second kappa shape index (κ2) is 6.15. The molecule has 2 rings (SSSR count). The van der Waals surface area contributed by atoms with E-state index in [2.05, 4.69) is 18.6 Å². The third-order valence-electron chi connectivity index (χ3n) is 3.82. The summed E-state index contributed by atoms with van der Waals surface area (Å²) in [5.74, 6) is 0.852. The molecule has 1 aromatic rings. The Balaban J connectivity index is 2.26.